The van der Waals surface area contributed by atoms with Gasteiger partial charge in [-0.25, -0.2) is 0 Å². The zero-order chi connectivity index (χ0) is 23.0. The minimum absolute atomic E-state index is 0.00335. The van der Waals surface area contributed by atoms with E-state index in [-0.39, 0.29) is 18.4 Å². The van der Waals surface area contributed by atoms with Crippen LogP contribution in [-0.2, 0) is 14.3 Å². The predicted octanol–water partition coefficient (Wildman–Crippen LogP) is 4.57. The van der Waals surface area contributed by atoms with Gasteiger partial charge in [0.15, 0.2) is 6.61 Å². The van der Waals surface area contributed by atoms with Crippen molar-refractivity contribution in [2.75, 3.05) is 25.0 Å². The second-order valence-corrected chi connectivity index (χ2v) is 8.59. The normalized spacial score (nSPS) is 13.9. The summed E-state index contributed by atoms with van der Waals surface area (Å²) in [5.41, 5.74) is 0.580. The first-order valence-corrected chi connectivity index (χ1v) is 11.6. The first-order chi connectivity index (χ1) is 16.1. The van der Waals surface area contributed by atoms with Gasteiger partial charge in [0.2, 0.25) is 0 Å². The van der Waals surface area contributed by atoms with Gasteiger partial charge in [0.1, 0.15) is 11.5 Å². The van der Waals surface area contributed by atoms with Crippen LogP contribution in [0.4, 0.5) is 5.69 Å². The number of thiophene rings is 1. The molecule has 1 aliphatic rings. The summed E-state index contributed by atoms with van der Waals surface area (Å²) in [5.74, 6) is 0.249. The number of rotatable bonds is 7. The summed E-state index contributed by atoms with van der Waals surface area (Å²) in [6.45, 7) is 0.648. The number of carbonyl (C=O) groups is 3. The number of piperidine rings is 1. The van der Waals surface area contributed by atoms with E-state index in [1.807, 2.05) is 41.8 Å². The minimum atomic E-state index is -0.412. The maximum atomic E-state index is 12.4. The summed E-state index contributed by atoms with van der Waals surface area (Å²) in [4.78, 5) is 39.4. The standard InChI is InChI=1S/C25H24N2O5S/c28-23(26-19-8-10-21(11-9-19)32-20-5-2-1-3-6-20)17-31-25(30)18-12-14-27(15-13-18)24(29)22-7-4-16-33-22/h1-11,16,18H,12-15,17H2,(H,26,28). The number of para-hydroxylation sites is 1. The van der Waals surface area contributed by atoms with Crippen LogP contribution >= 0.6 is 11.3 Å². The first kappa shape index (κ1) is 22.5. The second kappa shape index (κ2) is 10.8. The van der Waals surface area contributed by atoms with Gasteiger partial charge in [-0.05, 0) is 60.7 Å². The molecule has 0 atom stereocenters. The number of hydrogen-bond donors (Lipinski definition) is 1. The third-order valence-corrected chi connectivity index (χ3v) is 6.17. The van der Waals surface area contributed by atoms with Crippen LogP contribution in [0.25, 0.3) is 0 Å². The molecule has 2 aromatic carbocycles. The van der Waals surface area contributed by atoms with Crippen LogP contribution in [0.5, 0.6) is 11.5 Å². The van der Waals surface area contributed by atoms with E-state index in [4.69, 9.17) is 9.47 Å². The molecule has 0 radical (unpaired) electrons. The van der Waals surface area contributed by atoms with Crippen molar-refractivity contribution in [3.63, 3.8) is 0 Å². The van der Waals surface area contributed by atoms with E-state index in [1.54, 1.807) is 35.2 Å². The van der Waals surface area contributed by atoms with Gasteiger partial charge in [-0.2, -0.15) is 0 Å². The Morgan fingerprint density at radius 2 is 1.61 bits per heavy atom. The summed E-state index contributed by atoms with van der Waals surface area (Å²) in [6, 6.07) is 20.0. The van der Waals surface area contributed by atoms with E-state index in [0.29, 0.717) is 42.2 Å². The Balaban J connectivity index is 1.18. The van der Waals surface area contributed by atoms with E-state index >= 15 is 0 Å². The zero-order valence-corrected chi connectivity index (χ0v) is 18.8. The number of benzene rings is 2. The highest BCUT2D eigenvalue weighted by molar-refractivity contribution is 7.12. The second-order valence-electron chi connectivity index (χ2n) is 7.64. The monoisotopic (exact) mass is 464 g/mol. The lowest BCUT2D eigenvalue weighted by molar-refractivity contribution is -0.152. The molecular formula is C25H24N2O5S. The Morgan fingerprint density at radius 3 is 2.27 bits per heavy atom. The van der Waals surface area contributed by atoms with Gasteiger partial charge >= 0.3 is 5.97 Å². The third-order valence-electron chi connectivity index (χ3n) is 5.31. The van der Waals surface area contributed by atoms with Crippen molar-refractivity contribution in [3.8, 4) is 11.5 Å². The summed E-state index contributed by atoms with van der Waals surface area (Å²) in [5, 5.41) is 4.58. The van der Waals surface area contributed by atoms with E-state index in [2.05, 4.69) is 5.32 Å². The molecular weight excluding hydrogens is 440 g/mol. The van der Waals surface area contributed by atoms with Crippen LogP contribution in [0.1, 0.15) is 22.5 Å². The summed E-state index contributed by atoms with van der Waals surface area (Å²) in [7, 11) is 0. The third kappa shape index (κ3) is 6.20. The predicted molar refractivity (Wildman–Crippen MR) is 125 cm³/mol. The number of nitrogens with one attached hydrogen (secondary N) is 1. The van der Waals surface area contributed by atoms with Crippen molar-refractivity contribution in [3.05, 3.63) is 77.0 Å². The van der Waals surface area contributed by atoms with E-state index in [1.165, 1.54) is 11.3 Å². The molecule has 1 fully saturated rings. The lowest BCUT2D eigenvalue weighted by Gasteiger charge is -2.30. The largest absolute Gasteiger partial charge is 0.457 e. The molecule has 3 aromatic rings. The molecule has 0 saturated carbocycles. The maximum absolute atomic E-state index is 12.4. The molecule has 0 aliphatic carbocycles. The number of anilines is 1. The Labute approximate surface area is 195 Å². The van der Waals surface area contributed by atoms with Crippen molar-refractivity contribution in [1.82, 2.24) is 4.90 Å². The van der Waals surface area contributed by atoms with Crippen molar-refractivity contribution >= 4 is 34.8 Å². The molecule has 8 heteroatoms. The van der Waals surface area contributed by atoms with E-state index in [0.717, 1.165) is 5.75 Å². The molecule has 4 rings (SSSR count). The average Bonchev–Trinajstić information content (AvgIpc) is 3.39. The molecule has 33 heavy (non-hydrogen) atoms. The highest BCUT2D eigenvalue weighted by Crippen LogP contribution is 2.23. The number of carbonyl (C=O) groups excluding carboxylic acids is 3. The molecule has 0 spiro atoms. The SMILES string of the molecule is O=C(COC(=O)C1CCN(C(=O)c2cccs2)CC1)Nc1ccc(Oc2ccccc2)cc1. The van der Waals surface area contributed by atoms with Crippen LogP contribution in [0, 0.1) is 5.92 Å². The fraction of sp³-hybridized carbons (Fsp3) is 0.240. The topological polar surface area (TPSA) is 84.9 Å². The average molecular weight is 465 g/mol. The van der Waals surface area contributed by atoms with Crippen LogP contribution < -0.4 is 10.1 Å². The Kier molecular flexibility index (Phi) is 7.36. The molecule has 1 saturated heterocycles. The van der Waals surface area contributed by atoms with Crippen molar-refractivity contribution < 1.29 is 23.9 Å². The number of esters is 1. The van der Waals surface area contributed by atoms with Crippen molar-refractivity contribution in [2.45, 2.75) is 12.8 Å². The van der Waals surface area contributed by atoms with Gasteiger partial charge in [-0.15, -0.1) is 11.3 Å². The fourth-order valence-corrected chi connectivity index (χ4v) is 4.25. The molecule has 0 bridgehead atoms. The summed E-state index contributed by atoms with van der Waals surface area (Å²) >= 11 is 1.41. The molecule has 7 nitrogen and oxygen atoms in total. The Morgan fingerprint density at radius 1 is 0.909 bits per heavy atom. The molecule has 0 unspecified atom stereocenters. The van der Waals surface area contributed by atoms with Gasteiger partial charge in [0.25, 0.3) is 11.8 Å². The zero-order valence-electron chi connectivity index (χ0n) is 17.9. The fourth-order valence-electron chi connectivity index (χ4n) is 3.56. The molecule has 1 aromatic heterocycles. The molecule has 2 amide bonds. The molecule has 2 heterocycles. The minimum Gasteiger partial charge on any atom is -0.457 e. The number of amides is 2. The number of nitrogens with zero attached hydrogens (tertiary/aromatic N) is 1. The Bertz CT molecular complexity index is 1080. The Hall–Kier alpha value is -3.65. The summed E-state index contributed by atoms with van der Waals surface area (Å²) < 4.78 is 10.9. The number of likely N-dealkylation sites (tertiary alicyclic amines) is 1. The van der Waals surface area contributed by atoms with Crippen molar-refractivity contribution in [1.29, 1.82) is 0 Å². The summed E-state index contributed by atoms with van der Waals surface area (Å²) in [6.07, 6.45) is 1.06. The highest BCUT2D eigenvalue weighted by atomic mass is 32.1. The van der Waals surface area contributed by atoms with Gasteiger partial charge in [-0.1, -0.05) is 24.3 Å². The maximum Gasteiger partial charge on any atom is 0.309 e. The van der Waals surface area contributed by atoms with Crippen LogP contribution in [-0.4, -0.2) is 42.4 Å². The number of ether oxygens (including phenoxy) is 2. The van der Waals surface area contributed by atoms with Gasteiger partial charge in [-0.3, -0.25) is 14.4 Å². The number of hydrogen-bond acceptors (Lipinski definition) is 6. The lowest BCUT2D eigenvalue weighted by atomic mass is 9.97. The smallest absolute Gasteiger partial charge is 0.309 e. The van der Waals surface area contributed by atoms with E-state index in [9.17, 15) is 14.4 Å². The van der Waals surface area contributed by atoms with Crippen LogP contribution in [0.15, 0.2) is 72.1 Å². The van der Waals surface area contributed by atoms with Crippen molar-refractivity contribution in [2.24, 2.45) is 5.92 Å². The van der Waals surface area contributed by atoms with Gasteiger partial charge < -0.3 is 19.7 Å². The van der Waals surface area contributed by atoms with Gasteiger partial charge in [0.05, 0.1) is 10.8 Å². The van der Waals surface area contributed by atoms with Crippen LogP contribution in [0.2, 0.25) is 0 Å². The molecule has 1 N–H and O–H groups in total. The first-order valence-electron chi connectivity index (χ1n) is 10.7. The molecule has 170 valence electrons. The quantitative estimate of drug-likeness (QED) is 0.518. The lowest BCUT2D eigenvalue weighted by Crippen LogP contribution is -2.40. The highest BCUT2D eigenvalue weighted by Gasteiger charge is 2.29. The molecule has 1 aliphatic heterocycles. The van der Waals surface area contributed by atoms with Crippen LogP contribution in [0.3, 0.4) is 0 Å². The van der Waals surface area contributed by atoms with E-state index < -0.39 is 11.9 Å². The van der Waals surface area contributed by atoms with Gasteiger partial charge in [0, 0.05) is 18.8 Å².